The Morgan fingerprint density at radius 2 is 1.75 bits per heavy atom. The summed E-state index contributed by atoms with van der Waals surface area (Å²) in [6.45, 7) is 3.87. The zero-order valence-corrected chi connectivity index (χ0v) is 21.7. The molecular weight excluding hydrogens is 492 g/mol. The number of benzene rings is 1. The second kappa shape index (κ2) is 11.4. The van der Waals surface area contributed by atoms with Gasteiger partial charge in [0.25, 0.3) is 5.91 Å². The standard InChI is InChI=1S/C27H30N4O3S2/c32-25(28-11-15-30-13-9-19(10-14-30)23-5-2-16-35-23)26(33)29-21-7-8-22-20(18-21)4-1-12-31(22)27(34)24-6-3-17-36-24/h2-3,5-8,16-19H,1,4,9-15H2,(H,28,32)(H,29,33). The minimum absolute atomic E-state index is 0.00198. The monoisotopic (exact) mass is 522 g/mol. The Labute approximate surface area is 219 Å². The number of hydrogen-bond donors (Lipinski definition) is 2. The van der Waals surface area contributed by atoms with Gasteiger partial charge in [-0.05, 0) is 91.3 Å². The van der Waals surface area contributed by atoms with Crippen molar-refractivity contribution in [2.24, 2.45) is 0 Å². The van der Waals surface area contributed by atoms with Crippen LogP contribution in [-0.4, -0.2) is 55.3 Å². The molecule has 0 atom stereocenters. The average molecular weight is 523 g/mol. The highest BCUT2D eigenvalue weighted by atomic mass is 32.1. The Morgan fingerprint density at radius 1 is 0.944 bits per heavy atom. The van der Waals surface area contributed by atoms with Crippen LogP contribution in [0.3, 0.4) is 0 Å². The maximum atomic E-state index is 12.9. The number of carbonyl (C=O) groups excluding carboxylic acids is 3. The molecule has 0 spiro atoms. The van der Waals surface area contributed by atoms with Gasteiger partial charge in [0, 0.05) is 35.9 Å². The van der Waals surface area contributed by atoms with E-state index in [1.54, 1.807) is 11.0 Å². The van der Waals surface area contributed by atoms with Crippen molar-refractivity contribution < 1.29 is 14.4 Å². The number of hydrogen-bond acceptors (Lipinski definition) is 6. The van der Waals surface area contributed by atoms with E-state index in [1.807, 2.05) is 41.0 Å². The summed E-state index contributed by atoms with van der Waals surface area (Å²) in [7, 11) is 0. The summed E-state index contributed by atoms with van der Waals surface area (Å²) >= 11 is 3.26. The summed E-state index contributed by atoms with van der Waals surface area (Å²) in [5.41, 5.74) is 2.43. The van der Waals surface area contributed by atoms with Crippen molar-refractivity contribution in [2.75, 3.05) is 42.9 Å². The van der Waals surface area contributed by atoms with Crippen LogP contribution >= 0.6 is 22.7 Å². The van der Waals surface area contributed by atoms with Gasteiger partial charge < -0.3 is 20.4 Å². The van der Waals surface area contributed by atoms with Crippen molar-refractivity contribution in [3.05, 3.63) is 68.5 Å². The number of rotatable bonds is 6. The second-order valence-electron chi connectivity index (χ2n) is 9.22. The molecule has 0 radical (unpaired) electrons. The van der Waals surface area contributed by atoms with Gasteiger partial charge in [-0.25, -0.2) is 0 Å². The number of thiophene rings is 2. The number of likely N-dealkylation sites (tertiary alicyclic amines) is 1. The maximum Gasteiger partial charge on any atom is 0.313 e. The Hall–Kier alpha value is -3.01. The van der Waals surface area contributed by atoms with Crippen molar-refractivity contribution in [1.82, 2.24) is 10.2 Å². The molecule has 2 aromatic heterocycles. The van der Waals surface area contributed by atoms with Gasteiger partial charge in [0.05, 0.1) is 4.88 Å². The highest BCUT2D eigenvalue weighted by Crippen LogP contribution is 2.32. The molecule has 1 fully saturated rings. The van der Waals surface area contributed by atoms with Crippen LogP contribution in [-0.2, 0) is 16.0 Å². The van der Waals surface area contributed by atoms with E-state index in [4.69, 9.17) is 0 Å². The van der Waals surface area contributed by atoms with E-state index in [-0.39, 0.29) is 5.91 Å². The molecule has 2 N–H and O–H groups in total. The van der Waals surface area contributed by atoms with E-state index in [0.717, 1.165) is 56.6 Å². The van der Waals surface area contributed by atoms with E-state index in [1.165, 1.54) is 16.2 Å². The van der Waals surface area contributed by atoms with Crippen LogP contribution in [0.25, 0.3) is 0 Å². The number of anilines is 2. The van der Waals surface area contributed by atoms with E-state index in [0.29, 0.717) is 29.6 Å². The van der Waals surface area contributed by atoms with Crippen LogP contribution in [0, 0.1) is 0 Å². The molecule has 0 saturated carbocycles. The predicted molar refractivity (Wildman–Crippen MR) is 145 cm³/mol. The molecule has 36 heavy (non-hydrogen) atoms. The molecule has 1 saturated heterocycles. The normalized spacial score (nSPS) is 16.4. The van der Waals surface area contributed by atoms with Crippen molar-refractivity contribution >= 4 is 51.8 Å². The van der Waals surface area contributed by atoms with Crippen LogP contribution in [0.1, 0.15) is 45.3 Å². The van der Waals surface area contributed by atoms with Gasteiger partial charge >= 0.3 is 11.8 Å². The lowest BCUT2D eigenvalue weighted by Crippen LogP contribution is -2.42. The molecule has 0 unspecified atom stereocenters. The molecule has 0 bridgehead atoms. The molecule has 2 aliphatic rings. The van der Waals surface area contributed by atoms with E-state index in [9.17, 15) is 14.4 Å². The van der Waals surface area contributed by atoms with E-state index >= 15 is 0 Å². The van der Waals surface area contributed by atoms with Crippen LogP contribution < -0.4 is 15.5 Å². The second-order valence-corrected chi connectivity index (χ2v) is 11.1. The number of fused-ring (bicyclic) bond motifs is 1. The summed E-state index contributed by atoms with van der Waals surface area (Å²) in [5, 5.41) is 9.49. The zero-order chi connectivity index (χ0) is 24.9. The summed E-state index contributed by atoms with van der Waals surface area (Å²) < 4.78 is 0. The molecule has 3 aromatic rings. The van der Waals surface area contributed by atoms with Gasteiger partial charge in [-0.15, -0.1) is 22.7 Å². The lowest BCUT2D eigenvalue weighted by atomic mass is 9.95. The highest BCUT2D eigenvalue weighted by molar-refractivity contribution is 7.12. The summed E-state index contributed by atoms with van der Waals surface area (Å²) in [5.74, 6) is -0.665. The Morgan fingerprint density at radius 3 is 2.50 bits per heavy atom. The van der Waals surface area contributed by atoms with E-state index in [2.05, 4.69) is 33.0 Å². The maximum absolute atomic E-state index is 12.9. The van der Waals surface area contributed by atoms with E-state index < -0.39 is 11.8 Å². The fraction of sp³-hybridized carbons (Fsp3) is 0.370. The Bertz CT molecular complexity index is 1200. The third-order valence-corrected chi connectivity index (χ3v) is 8.78. The number of nitrogens with one attached hydrogen (secondary N) is 2. The molecule has 4 heterocycles. The van der Waals surface area contributed by atoms with Crippen molar-refractivity contribution in [2.45, 2.75) is 31.6 Å². The molecule has 0 aliphatic carbocycles. The van der Waals surface area contributed by atoms with Crippen molar-refractivity contribution in [3.8, 4) is 0 Å². The molecule has 9 heteroatoms. The van der Waals surface area contributed by atoms with Crippen molar-refractivity contribution in [1.29, 1.82) is 0 Å². The molecule has 188 valence electrons. The van der Waals surface area contributed by atoms with Crippen LogP contribution in [0.15, 0.2) is 53.2 Å². The third kappa shape index (κ3) is 5.69. The predicted octanol–water partition coefficient (Wildman–Crippen LogP) is 4.34. The van der Waals surface area contributed by atoms with Gasteiger partial charge in [0.15, 0.2) is 0 Å². The quantitative estimate of drug-likeness (QED) is 0.472. The minimum Gasteiger partial charge on any atom is -0.347 e. The molecule has 5 rings (SSSR count). The summed E-state index contributed by atoms with van der Waals surface area (Å²) in [6, 6.07) is 13.5. The smallest absolute Gasteiger partial charge is 0.313 e. The van der Waals surface area contributed by atoms with Gasteiger partial charge in [-0.3, -0.25) is 14.4 Å². The first kappa shape index (κ1) is 24.7. The van der Waals surface area contributed by atoms with Crippen LogP contribution in [0.5, 0.6) is 0 Å². The molecule has 7 nitrogen and oxygen atoms in total. The first-order valence-electron chi connectivity index (χ1n) is 12.4. The number of aryl methyl sites for hydroxylation is 1. The van der Waals surface area contributed by atoms with Crippen molar-refractivity contribution in [3.63, 3.8) is 0 Å². The SMILES string of the molecule is O=C(NCCN1CCC(c2cccs2)CC1)C(=O)Nc1ccc2c(c1)CCCN2C(=O)c1cccs1. The fourth-order valence-electron chi connectivity index (χ4n) is 4.98. The molecule has 3 amide bonds. The number of piperidine rings is 1. The van der Waals surface area contributed by atoms with Gasteiger partial charge in [0.2, 0.25) is 0 Å². The summed E-state index contributed by atoms with van der Waals surface area (Å²) in [6.07, 6.45) is 3.93. The summed E-state index contributed by atoms with van der Waals surface area (Å²) in [4.78, 5) is 44.0. The fourth-order valence-corrected chi connectivity index (χ4v) is 6.55. The number of nitrogens with zero attached hydrogens (tertiary/aromatic N) is 2. The number of carbonyl (C=O) groups is 3. The Balaban J connectivity index is 1.09. The third-order valence-electron chi connectivity index (χ3n) is 6.89. The topological polar surface area (TPSA) is 81.8 Å². The average Bonchev–Trinajstić information content (AvgIpc) is 3.63. The molecule has 2 aliphatic heterocycles. The minimum atomic E-state index is -0.673. The van der Waals surface area contributed by atoms with Crippen LogP contribution in [0.4, 0.5) is 11.4 Å². The largest absolute Gasteiger partial charge is 0.347 e. The lowest BCUT2D eigenvalue weighted by Gasteiger charge is -2.31. The van der Waals surface area contributed by atoms with Gasteiger partial charge in [-0.1, -0.05) is 12.1 Å². The Kier molecular flexibility index (Phi) is 7.79. The molecular formula is C27H30N4O3S2. The highest BCUT2D eigenvalue weighted by Gasteiger charge is 2.25. The zero-order valence-electron chi connectivity index (χ0n) is 20.1. The first-order chi connectivity index (χ1) is 17.6. The lowest BCUT2D eigenvalue weighted by molar-refractivity contribution is -0.136. The van der Waals surface area contributed by atoms with Gasteiger partial charge in [0.1, 0.15) is 0 Å². The van der Waals surface area contributed by atoms with Crippen LogP contribution in [0.2, 0.25) is 0 Å². The van der Waals surface area contributed by atoms with Gasteiger partial charge in [-0.2, -0.15) is 0 Å². The first-order valence-corrected chi connectivity index (χ1v) is 14.2. The molecule has 1 aromatic carbocycles. The number of amides is 3.